The van der Waals surface area contributed by atoms with Gasteiger partial charge in [0.15, 0.2) is 5.82 Å². The lowest BCUT2D eigenvalue weighted by atomic mass is 10.2. The molecule has 8 nitrogen and oxygen atoms in total. The number of benzene rings is 1. The summed E-state index contributed by atoms with van der Waals surface area (Å²) in [5, 5.41) is 5.08. The summed E-state index contributed by atoms with van der Waals surface area (Å²) in [5.74, 6) is 0.293. The van der Waals surface area contributed by atoms with Crippen molar-refractivity contribution < 1.29 is 13.9 Å². The van der Waals surface area contributed by atoms with Crippen LogP contribution in [0.25, 0.3) is 11.5 Å². The molecule has 1 aromatic carbocycles. The Morgan fingerprint density at radius 3 is 2.50 bits per heavy atom. The van der Waals surface area contributed by atoms with Crippen LogP contribution in [0.5, 0.6) is 5.75 Å². The number of carbonyl (C=O) groups excluding carboxylic acids is 1. The number of piperazine rings is 1. The smallest absolute Gasteiger partial charge is 0.244 e. The zero-order chi connectivity index (χ0) is 22.8. The first-order valence-electron chi connectivity index (χ1n) is 9.95. The molecule has 0 N–H and O–H groups in total. The summed E-state index contributed by atoms with van der Waals surface area (Å²) in [6.07, 6.45) is 3.22. The van der Waals surface area contributed by atoms with E-state index in [2.05, 4.69) is 15.1 Å². The van der Waals surface area contributed by atoms with E-state index in [0.29, 0.717) is 59.9 Å². The van der Waals surface area contributed by atoms with Gasteiger partial charge in [-0.25, -0.2) is 14.4 Å². The van der Waals surface area contributed by atoms with Gasteiger partial charge in [-0.2, -0.15) is 5.10 Å². The van der Waals surface area contributed by atoms with Crippen LogP contribution in [0.2, 0.25) is 10.0 Å². The van der Waals surface area contributed by atoms with Crippen molar-refractivity contribution in [1.29, 1.82) is 0 Å². The van der Waals surface area contributed by atoms with Crippen LogP contribution in [0.1, 0.15) is 5.69 Å². The Bertz CT molecular complexity index is 1130. The molecule has 1 aliphatic rings. The maximum Gasteiger partial charge on any atom is 0.244 e. The van der Waals surface area contributed by atoms with E-state index in [4.69, 9.17) is 27.9 Å². The molecular formula is C21H21Cl2FN6O2. The minimum atomic E-state index is -0.423. The van der Waals surface area contributed by atoms with E-state index >= 15 is 0 Å². The number of amides is 1. The molecule has 1 fully saturated rings. The monoisotopic (exact) mass is 478 g/mol. The van der Waals surface area contributed by atoms with E-state index < -0.39 is 5.82 Å². The van der Waals surface area contributed by atoms with Gasteiger partial charge in [-0.3, -0.25) is 9.48 Å². The van der Waals surface area contributed by atoms with Gasteiger partial charge in [-0.05, 0) is 19.1 Å². The highest BCUT2D eigenvalue weighted by molar-refractivity contribution is 6.33. The summed E-state index contributed by atoms with van der Waals surface area (Å²) < 4.78 is 21.2. The van der Waals surface area contributed by atoms with Crippen LogP contribution in [-0.2, 0) is 11.3 Å². The molecule has 1 saturated heterocycles. The van der Waals surface area contributed by atoms with Gasteiger partial charge in [-0.1, -0.05) is 23.2 Å². The standard InChI is InChI=1S/C21H21Cl2FN6O2/c1-13-19(23)20(21-25-4-3-5-26-21)27-30(13)12-18(31)29-8-6-28(7-9-29)16-11-17(32-2)14(22)10-15(16)24/h3-5,10-11H,6-9,12H2,1-2H3. The van der Waals surface area contributed by atoms with Crippen LogP contribution in [0.3, 0.4) is 0 Å². The molecule has 0 radical (unpaired) electrons. The van der Waals surface area contributed by atoms with E-state index in [1.165, 1.54) is 13.2 Å². The van der Waals surface area contributed by atoms with Gasteiger partial charge in [0.25, 0.3) is 0 Å². The molecule has 32 heavy (non-hydrogen) atoms. The van der Waals surface area contributed by atoms with Gasteiger partial charge in [0.2, 0.25) is 5.91 Å². The fraction of sp³-hybridized carbons (Fsp3) is 0.333. The van der Waals surface area contributed by atoms with Gasteiger partial charge in [-0.15, -0.1) is 0 Å². The maximum atomic E-state index is 14.4. The Morgan fingerprint density at radius 2 is 1.84 bits per heavy atom. The molecule has 1 aliphatic heterocycles. The van der Waals surface area contributed by atoms with Crippen LogP contribution < -0.4 is 9.64 Å². The molecule has 0 spiro atoms. The Balaban J connectivity index is 1.43. The molecule has 0 atom stereocenters. The number of rotatable bonds is 5. The highest BCUT2D eigenvalue weighted by Gasteiger charge is 2.25. The molecular weight excluding hydrogens is 458 g/mol. The van der Waals surface area contributed by atoms with Crippen LogP contribution in [0.15, 0.2) is 30.6 Å². The largest absolute Gasteiger partial charge is 0.495 e. The number of halogens is 3. The second-order valence-electron chi connectivity index (χ2n) is 7.28. The lowest BCUT2D eigenvalue weighted by Crippen LogP contribution is -2.50. The minimum absolute atomic E-state index is 0.0432. The van der Waals surface area contributed by atoms with Gasteiger partial charge < -0.3 is 14.5 Å². The first kappa shape index (κ1) is 22.3. The molecule has 2 aromatic heterocycles. The fourth-order valence-electron chi connectivity index (χ4n) is 3.58. The third-order valence-corrected chi connectivity index (χ3v) is 6.14. The number of ether oxygens (including phenoxy) is 1. The average Bonchev–Trinajstić information content (AvgIpc) is 3.08. The molecule has 0 bridgehead atoms. The molecule has 3 aromatic rings. The molecule has 0 unspecified atom stereocenters. The van der Waals surface area contributed by atoms with Crippen molar-refractivity contribution in [2.45, 2.75) is 13.5 Å². The fourth-order valence-corrected chi connectivity index (χ4v) is 4.03. The Morgan fingerprint density at radius 1 is 1.16 bits per heavy atom. The second kappa shape index (κ2) is 9.30. The maximum absolute atomic E-state index is 14.4. The molecule has 0 saturated carbocycles. The highest BCUT2D eigenvalue weighted by atomic mass is 35.5. The summed E-state index contributed by atoms with van der Waals surface area (Å²) in [6, 6.07) is 4.53. The second-order valence-corrected chi connectivity index (χ2v) is 8.07. The zero-order valence-corrected chi connectivity index (χ0v) is 19.1. The average molecular weight is 479 g/mol. The first-order valence-corrected chi connectivity index (χ1v) is 10.7. The highest BCUT2D eigenvalue weighted by Crippen LogP contribution is 2.33. The zero-order valence-electron chi connectivity index (χ0n) is 17.6. The number of aromatic nitrogens is 4. The van der Waals surface area contributed by atoms with Crippen molar-refractivity contribution in [2.75, 3.05) is 38.2 Å². The molecule has 3 heterocycles. The Labute approximate surface area is 194 Å². The molecule has 168 valence electrons. The Hall–Kier alpha value is -2.91. The van der Waals surface area contributed by atoms with E-state index in [0.717, 1.165) is 0 Å². The topological polar surface area (TPSA) is 76.4 Å². The van der Waals surface area contributed by atoms with Crippen molar-refractivity contribution >= 4 is 34.8 Å². The number of hydrogen-bond donors (Lipinski definition) is 0. The van der Waals surface area contributed by atoms with E-state index in [1.807, 2.05) is 4.90 Å². The minimum Gasteiger partial charge on any atom is -0.495 e. The van der Waals surface area contributed by atoms with Crippen LogP contribution in [-0.4, -0.2) is 63.8 Å². The van der Waals surface area contributed by atoms with Crippen LogP contribution >= 0.6 is 23.2 Å². The molecule has 11 heteroatoms. The van der Waals surface area contributed by atoms with Crippen molar-refractivity contribution in [1.82, 2.24) is 24.6 Å². The molecule has 4 rings (SSSR count). The van der Waals surface area contributed by atoms with Gasteiger partial charge in [0, 0.05) is 44.6 Å². The van der Waals surface area contributed by atoms with Gasteiger partial charge in [0.1, 0.15) is 23.8 Å². The van der Waals surface area contributed by atoms with E-state index in [-0.39, 0.29) is 17.5 Å². The number of methoxy groups -OCH3 is 1. The quantitative estimate of drug-likeness (QED) is 0.558. The van der Waals surface area contributed by atoms with Crippen molar-refractivity contribution in [2.24, 2.45) is 0 Å². The van der Waals surface area contributed by atoms with E-state index in [1.54, 1.807) is 41.0 Å². The number of hydrogen-bond acceptors (Lipinski definition) is 6. The summed E-state index contributed by atoms with van der Waals surface area (Å²) in [5.41, 5.74) is 1.51. The van der Waals surface area contributed by atoms with E-state index in [9.17, 15) is 9.18 Å². The molecule has 0 aliphatic carbocycles. The lowest BCUT2D eigenvalue weighted by molar-refractivity contribution is -0.132. The third-order valence-electron chi connectivity index (χ3n) is 5.39. The van der Waals surface area contributed by atoms with Crippen LogP contribution in [0.4, 0.5) is 10.1 Å². The summed E-state index contributed by atoms with van der Waals surface area (Å²) in [6.45, 7) is 3.70. The Kier molecular flexibility index (Phi) is 6.48. The normalized spacial score (nSPS) is 14.0. The SMILES string of the molecule is COc1cc(N2CCN(C(=O)Cn3nc(-c4ncccn4)c(Cl)c3C)CC2)c(F)cc1Cl. The number of nitrogens with zero attached hydrogens (tertiary/aromatic N) is 6. The number of anilines is 1. The summed E-state index contributed by atoms with van der Waals surface area (Å²) in [4.78, 5) is 24.8. The van der Waals surface area contributed by atoms with Crippen LogP contribution in [0, 0.1) is 12.7 Å². The predicted octanol–water partition coefficient (Wildman–Crippen LogP) is 3.45. The van der Waals surface area contributed by atoms with Crippen molar-refractivity contribution in [3.8, 4) is 17.3 Å². The first-order chi connectivity index (χ1) is 15.4. The summed E-state index contributed by atoms with van der Waals surface area (Å²) >= 11 is 12.4. The molecule has 1 amide bonds. The van der Waals surface area contributed by atoms with Gasteiger partial charge in [0.05, 0.1) is 28.5 Å². The number of carbonyl (C=O) groups is 1. The third kappa shape index (κ3) is 4.35. The summed E-state index contributed by atoms with van der Waals surface area (Å²) in [7, 11) is 1.48. The lowest BCUT2D eigenvalue weighted by Gasteiger charge is -2.36. The van der Waals surface area contributed by atoms with Crippen molar-refractivity contribution in [3.63, 3.8) is 0 Å². The van der Waals surface area contributed by atoms with Crippen molar-refractivity contribution in [3.05, 3.63) is 52.1 Å². The predicted molar refractivity (Wildman–Crippen MR) is 120 cm³/mol. The van der Waals surface area contributed by atoms with Gasteiger partial charge >= 0.3 is 0 Å².